The van der Waals surface area contributed by atoms with Crippen LogP contribution in [0.25, 0.3) is 27.8 Å². The van der Waals surface area contributed by atoms with E-state index in [1.54, 1.807) is 6.33 Å². The van der Waals surface area contributed by atoms with Crippen LogP contribution in [-0.4, -0.2) is 26.1 Å². The Hall–Kier alpha value is -2.66. The predicted octanol–water partition coefficient (Wildman–Crippen LogP) is 4.26. The standard InChI is InChI=1S/C22H25N5/c1-12(2)20-17-7-16-9-23-6-5-15(16)8-19(17)26-21(20)18-10-27-22(24-11-25-27)14(4)13(18)3/h7-8,10-12,23,26H,5-6,9H2,1-4H3. The van der Waals surface area contributed by atoms with Crippen LogP contribution in [0.1, 0.15) is 47.6 Å². The number of aryl methyl sites for hydroxylation is 1. The lowest BCUT2D eigenvalue weighted by Crippen LogP contribution is -2.23. The van der Waals surface area contributed by atoms with Crippen molar-refractivity contribution in [3.63, 3.8) is 0 Å². The van der Waals surface area contributed by atoms with Crippen molar-refractivity contribution in [2.75, 3.05) is 6.54 Å². The second-order valence-corrected chi connectivity index (χ2v) is 7.98. The van der Waals surface area contributed by atoms with E-state index < -0.39 is 0 Å². The third-order valence-corrected chi connectivity index (χ3v) is 6.02. The smallest absolute Gasteiger partial charge is 0.158 e. The molecular weight excluding hydrogens is 334 g/mol. The van der Waals surface area contributed by atoms with Crippen LogP contribution in [0.3, 0.4) is 0 Å². The average molecular weight is 359 g/mol. The molecule has 0 aliphatic carbocycles. The number of benzene rings is 1. The Morgan fingerprint density at radius 3 is 2.78 bits per heavy atom. The topological polar surface area (TPSA) is 58.0 Å². The largest absolute Gasteiger partial charge is 0.354 e. The van der Waals surface area contributed by atoms with E-state index in [9.17, 15) is 0 Å². The maximum absolute atomic E-state index is 4.40. The van der Waals surface area contributed by atoms with Gasteiger partial charge < -0.3 is 10.3 Å². The van der Waals surface area contributed by atoms with Crippen molar-refractivity contribution in [1.29, 1.82) is 0 Å². The second-order valence-electron chi connectivity index (χ2n) is 7.98. The summed E-state index contributed by atoms with van der Waals surface area (Å²) in [7, 11) is 0. The van der Waals surface area contributed by atoms with Gasteiger partial charge in [-0.3, -0.25) is 0 Å². The Bertz CT molecular complexity index is 1180. The van der Waals surface area contributed by atoms with Crippen LogP contribution in [0.15, 0.2) is 24.7 Å². The number of aromatic amines is 1. The van der Waals surface area contributed by atoms with Gasteiger partial charge >= 0.3 is 0 Å². The van der Waals surface area contributed by atoms with E-state index in [2.05, 4.69) is 66.4 Å². The fraction of sp³-hybridized carbons (Fsp3) is 0.364. The molecule has 4 heterocycles. The van der Waals surface area contributed by atoms with E-state index >= 15 is 0 Å². The molecule has 0 fully saturated rings. The van der Waals surface area contributed by atoms with Crippen molar-refractivity contribution in [1.82, 2.24) is 24.9 Å². The van der Waals surface area contributed by atoms with Crippen LogP contribution in [0, 0.1) is 13.8 Å². The molecule has 3 aromatic heterocycles. The number of nitrogens with zero attached hydrogens (tertiary/aromatic N) is 3. The monoisotopic (exact) mass is 359 g/mol. The van der Waals surface area contributed by atoms with Gasteiger partial charge in [0.2, 0.25) is 0 Å². The minimum absolute atomic E-state index is 0.425. The summed E-state index contributed by atoms with van der Waals surface area (Å²) in [6.45, 7) is 10.9. The van der Waals surface area contributed by atoms with Crippen molar-refractivity contribution in [2.45, 2.75) is 46.6 Å². The fourth-order valence-electron chi connectivity index (χ4n) is 4.46. The summed E-state index contributed by atoms with van der Waals surface area (Å²) in [6.07, 6.45) is 4.84. The van der Waals surface area contributed by atoms with Crippen LogP contribution in [0.4, 0.5) is 0 Å². The first-order valence-corrected chi connectivity index (χ1v) is 9.72. The molecule has 0 amide bonds. The molecule has 1 aliphatic rings. The number of hydrogen-bond donors (Lipinski definition) is 2. The van der Waals surface area contributed by atoms with Crippen molar-refractivity contribution < 1.29 is 0 Å². The van der Waals surface area contributed by atoms with Crippen LogP contribution in [0.5, 0.6) is 0 Å². The summed E-state index contributed by atoms with van der Waals surface area (Å²) in [5.74, 6) is 0.425. The minimum atomic E-state index is 0.425. The molecule has 0 unspecified atom stereocenters. The first-order valence-electron chi connectivity index (χ1n) is 9.72. The zero-order valence-corrected chi connectivity index (χ0v) is 16.3. The zero-order valence-electron chi connectivity index (χ0n) is 16.3. The summed E-state index contributed by atoms with van der Waals surface area (Å²) >= 11 is 0. The Morgan fingerprint density at radius 1 is 1.11 bits per heavy atom. The number of aromatic nitrogens is 4. The number of nitrogens with one attached hydrogen (secondary N) is 2. The fourth-order valence-corrected chi connectivity index (χ4v) is 4.46. The number of rotatable bonds is 2. The molecule has 5 heteroatoms. The Labute approximate surface area is 158 Å². The van der Waals surface area contributed by atoms with Gasteiger partial charge in [-0.15, -0.1) is 0 Å². The number of hydrogen-bond acceptors (Lipinski definition) is 3. The first-order chi connectivity index (χ1) is 13.0. The number of fused-ring (bicyclic) bond motifs is 3. The lowest BCUT2D eigenvalue weighted by atomic mass is 9.92. The molecule has 27 heavy (non-hydrogen) atoms. The summed E-state index contributed by atoms with van der Waals surface area (Å²) in [5, 5.41) is 9.23. The maximum atomic E-state index is 4.40. The van der Waals surface area contributed by atoms with E-state index in [1.807, 2.05) is 4.52 Å². The average Bonchev–Trinajstić information content (AvgIpc) is 3.26. The highest BCUT2D eigenvalue weighted by Gasteiger charge is 2.21. The quantitative estimate of drug-likeness (QED) is 0.562. The molecule has 0 spiro atoms. The van der Waals surface area contributed by atoms with Gasteiger partial charge in [0.25, 0.3) is 0 Å². The van der Waals surface area contributed by atoms with Crippen molar-refractivity contribution in [3.8, 4) is 11.3 Å². The van der Waals surface area contributed by atoms with Gasteiger partial charge in [-0.1, -0.05) is 13.8 Å². The normalized spacial score (nSPS) is 14.4. The van der Waals surface area contributed by atoms with Crippen LogP contribution >= 0.6 is 0 Å². The molecule has 0 saturated carbocycles. The molecule has 0 saturated heterocycles. The van der Waals surface area contributed by atoms with Crippen molar-refractivity contribution >= 4 is 16.6 Å². The molecule has 5 rings (SSSR count). The summed E-state index contributed by atoms with van der Waals surface area (Å²) in [4.78, 5) is 8.16. The lowest BCUT2D eigenvalue weighted by Gasteiger charge is -2.17. The zero-order chi connectivity index (χ0) is 18.7. The molecule has 0 atom stereocenters. The summed E-state index contributed by atoms with van der Waals surface area (Å²) < 4.78 is 1.89. The molecule has 1 aromatic carbocycles. The summed E-state index contributed by atoms with van der Waals surface area (Å²) in [5.41, 5.74) is 11.3. The van der Waals surface area contributed by atoms with Crippen LogP contribution < -0.4 is 5.32 Å². The second kappa shape index (κ2) is 5.92. The van der Waals surface area contributed by atoms with Crippen LogP contribution in [0.2, 0.25) is 0 Å². The Morgan fingerprint density at radius 2 is 1.96 bits per heavy atom. The molecule has 2 N–H and O–H groups in total. The first kappa shape index (κ1) is 16.5. The van der Waals surface area contributed by atoms with E-state index in [-0.39, 0.29) is 0 Å². The molecule has 138 valence electrons. The molecule has 4 aromatic rings. The number of pyridine rings is 1. The SMILES string of the molecule is Cc1c(-c2[nH]c3cc4c(cc3c2C(C)C)CNCC4)cn2ncnc2c1C. The van der Waals surface area contributed by atoms with Gasteiger partial charge in [0.05, 0.1) is 5.69 Å². The van der Waals surface area contributed by atoms with E-state index in [0.717, 1.165) is 25.2 Å². The third-order valence-electron chi connectivity index (χ3n) is 6.02. The highest BCUT2D eigenvalue weighted by atomic mass is 15.3. The van der Waals surface area contributed by atoms with Crippen molar-refractivity contribution in [3.05, 3.63) is 52.5 Å². The van der Waals surface area contributed by atoms with E-state index in [4.69, 9.17) is 0 Å². The molecule has 0 bridgehead atoms. The number of H-pyrrole nitrogens is 1. The molecular formula is C22H25N5. The molecule has 0 radical (unpaired) electrons. The highest BCUT2D eigenvalue weighted by Crippen LogP contribution is 2.39. The van der Waals surface area contributed by atoms with E-state index in [0.29, 0.717) is 5.92 Å². The lowest BCUT2D eigenvalue weighted by molar-refractivity contribution is 0.645. The van der Waals surface area contributed by atoms with Crippen molar-refractivity contribution in [2.24, 2.45) is 0 Å². The molecule has 1 aliphatic heterocycles. The van der Waals surface area contributed by atoms with Crippen LogP contribution in [-0.2, 0) is 13.0 Å². The Balaban J connectivity index is 1.83. The van der Waals surface area contributed by atoms with E-state index in [1.165, 1.54) is 50.0 Å². The van der Waals surface area contributed by atoms with Gasteiger partial charge in [0.15, 0.2) is 5.65 Å². The van der Waals surface area contributed by atoms with Gasteiger partial charge in [-0.25, -0.2) is 9.50 Å². The van der Waals surface area contributed by atoms with Gasteiger partial charge in [0, 0.05) is 29.2 Å². The summed E-state index contributed by atoms with van der Waals surface area (Å²) in [6, 6.07) is 4.75. The predicted molar refractivity (Wildman–Crippen MR) is 109 cm³/mol. The third kappa shape index (κ3) is 2.42. The minimum Gasteiger partial charge on any atom is -0.354 e. The van der Waals surface area contributed by atoms with Gasteiger partial charge in [0.1, 0.15) is 6.33 Å². The maximum Gasteiger partial charge on any atom is 0.158 e. The Kier molecular flexibility index (Phi) is 3.62. The molecule has 5 nitrogen and oxygen atoms in total. The van der Waals surface area contributed by atoms with Gasteiger partial charge in [-0.2, -0.15) is 5.10 Å². The van der Waals surface area contributed by atoms with Gasteiger partial charge in [-0.05, 0) is 72.7 Å². The highest BCUT2D eigenvalue weighted by molar-refractivity contribution is 5.93.